The molecule has 15 heteroatoms. The fourth-order valence-corrected chi connectivity index (χ4v) is 7.38. The molecule has 52 heavy (non-hydrogen) atoms. The minimum Gasteiger partial charge on any atom is -0.465 e. The summed E-state index contributed by atoms with van der Waals surface area (Å²) in [6.07, 6.45) is -1.73. The number of alkyl halides is 3. The van der Waals surface area contributed by atoms with E-state index in [0.717, 1.165) is 5.56 Å². The smallest absolute Gasteiger partial charge is 0.429 e. The Kier molecular flexibility index (Phi) is 11.7. The van der Waals surface area contributed by atoms with Gasteiger partial charge in [-0.1, -0.05) is 65.1 Å². The molecule has 0 radical (unpaired) electrons. The molecule has 2 saturated heterocycles. The molecule has 2 aromatic heterocycles. The predicted octanol–water partition coefficient (Wildman–Crippen LogP) is 7.04. The number of ether oxygens (including phenoxy) is 3. The summed E-state index contributed by atoms with van der Waals surface area (Å²) in [7, 11) is 0. The molecular formula is C37H41F3IN7O4. The molecule has 2 aromatic carbocycles. The van der Waals surface area contributed by atoms with Gasteiger partial charge in [-0.2, -0.15) is 28.2 Å². The van der Waals surface area contributed by atoms with Crippen molar-refractivity contribution in [2.75, 3.05) is 43.6 Å². The minimum absolute atomic E-state index is 0.130. The summed E-state index contributed by atoms with van der Waals surface area (Å²) in [6, 6.07) is 17.2. The van der Waals surface area contributed by atoms with Gasteiger partial charge in [0.05, 0.1) is 24.6 Å². The summed E-state index contributed by atoms with van der Waals surface area (Å²) in [4.78, 5) is 25.5. The second-order valence-corrected chi connectivity index (χ2v) is 13.9. The molecule has 2 N–H and O–H groups in total. The maximum absolute atomic E-state index is 14.8. The second-order valence-electron chi connectivity index (χ2n) is 13.1. The van der Waals surface area contributed by atoms with Crippen LogP contribution >= 0.6 is 22.6 Å². The Morgan fingerprint density at radius 2 is 1.88 bits per heavy atom. The summed E-state index contributed by atoms with van der Waals surface area (Å²) in [6.45, 7) is 6.29. The number of esters is 1. The molecule has 2 fully saturated rings. The summed E-state index contributed by atoms with van der Waals surface area (Å²) in [5.41, 5.74) is 8.38. The van der Waals surface area contributed by atoms with Gasteiger partial charge in [-0.3, -0.25) is 9.69 Å². The van der Waals surface area contributed by atoms with Crippen molar-refractivity contribution in [3.8, 4) is 11.6 Å². The van der Waals surface area contributed by atoms with Crippen LogP contribution in [0.25, 0.3) is 11.8 Å². The van der Waals surface area contributed by atoms with Crippen molar-refractivity contribution < 1.29 is 32.2 Å². The van der Waals surface area contributed by atoms with Crippen LogP contribution in [-0.4, -0.2) is 75.8 Å². The molecule has 0 amide bonds. The molecule has 6 rings (SSSR count). The molecule has 2 aliphatic rings. The SMILES string of the molecule is CCOC(=O)[C@@H]1CC2(CCN(c3cc(O[C@H](c4ccc(/C=C/I)cc4-n4ccc(C)n4)C(F)(F)F)nc(N)n3)CC2)CN1COCc1ccccc1. The first-order chi connectivity index (χ1) is 25.0. The molecule has 0 bridgehead atoms. The highest BCUT2D eigenvalue weighted by atomic mass is 127. The van der Waals surface area contributed by atoms with Crippen molar-refractivity contribution in [2.45, 2.75) is 58.0 Å². The van der Waals surface area contributed by atoms with Crippen molar-refractivity contribution >= 4 is 46.4 Å². The molecule has 4 aromatic rings. The monoisotopic (exact) mass is 831 g/mol. The predicted molar refractivity (Wildman–Crippen MR) is 199 cm³/mol. The van der Waals surface area contributed by atoms with E-state index in [-0.39, 0.29) is 47.8 Å². The fourth-order valence-electron chi connectivity index (χ4n) is 6.97. The largest absolute Gasteiger partial charge is 0.465 e. The number of carbonyl (C=O) groups excluding carboxylic acids is 1. The van der Waals surface area contributed by atoms with Gasteiger partial charge in [0.1, 0.15) is 18.6 Å². The minimum atomic E-state index is -4.80. The number of nitrogen functional groups attached to an aromatic ring is 1. The topological polar surface area (TPSA) is 121 Å². The number of nitrogens with zero attached hydrogens (tertiary/aromatic N) is 6. The lowest BCUT2D eigenvalue weighted by atomic mass is 9.76. The number of aromatic nitrogens is 4. The number of halogens is 4. The zero-order valence-electron chi connectivity index (χ0n) is 28.9. The Labute approximate surface area is 314 Å². The van der Waals surface area contributed by atoms with Gasteiger partial charge in [0.25, 0.3) is 0 Å². The third-order valence-electron chi connectivity index (χ3n) is 9.49. The second kappa shape index (κ2) is 16.2. The Bertz CT molecular complexity index is 1870. The van der Waals surface area contributed by atoms with Gasteiger partial charge in [0.15, 0.2) is 0 Å². The highest BCUT2D eigenvalue weighted by molar-refractivity contribution is 14.1. The quantitative estimate of drug-likeness (QED) is 0.118. The van der Waals surface area contributed by atoms with Crippen LogP contribution < -0.4 is 15.4 Å². The molecule has 4 heterocycles. The Hall–Kier alpha value is -4.22. The molecule has 2 aliphatic heterocycles. The molecule has 276 valence electrons. The first kappa shape index (κ1) is 37.5. The van der Waals surface area contributed by atoms with E-state index >= 15 is 0 Å². The van der Waals surface area contributed by atoms with Crippen molar-refractivity contribution in [3.05, 3.63) is 93.3 Å². The number of carbonyl (C=O) groups is 1. The normalized spacial score (nSPS) is 18.3. The van der Waals surface area contributed by atoms with E-state index in [4.69, 9.17) is 19.9 Å². The number of aryl methyl sites for hydroxylation is 1. The van der Waals surface area contributed by atoms with Gasteiger partial charge in [0.2, 0.25) is 17.9 Å². The maximum atomic E-state index is 14.8. The van der Waals surface area contributed by atoms with Crippen molar-refractivity contribution in [3.63, 3.8) is 0 Å². The highest BCUT2D eigenvalue weighted by Crippen LogP contribution is 2.45. The Morgan fingerprint density at radius 3 is 2.56 bits per heavy atom. The Balaban J connectivity index is 1.18. The van der Waals surface area contributed by atoms with E-state index in [1.54, 1.807) is 48.4 Å². The molecule has 0 aliphatic carbocycles. The van der Waals surface area contributed by atoms with E-state index in [0.29, 0.717) is 62.6 Å². The molecule has 2 atom stereocenters. The number of piperidine rings is 1. The van der Waals surface area contributed by atoms with Gasteiger partial charge >= 0.3 is 12.1 Å². The average Bonchev–Trinajstić information content (AvgIpc) is 3.71. The first-order valence-corrected chi connectivity index (χ1v) is 18.3. The van der Waals surface area contributed by atoms with Gasteiger partial charge in [-0.25, -0.2) is 4.68 Å². The first-order valence-electron chi connectivity index (χ1n) is 17.1. The fraction of sp³-hybridized carbons (Fsp3) is 0.405. The zero-order chi connectivity index (χ0) is 36.9. The van der Waals surface area contributed by atoms with Crippen molar-refractivity contribution in [1.82, 2.24) is 24.6 Å². The van der Waals surface area contributed by atoms with E-state index in [2.05, 4.69) is 37.7 Å². The van der Waals surface area contributed by atoms with Crippen molar-refractivity contribution in [2.24, 2.45) is 5.41 Å². The van der Waals surface area contributed by atoms with Crippen LogP contribution in [0.5, 0.6) is 5.88 Å². The van der Waals surface area contributed by atoms with Crippen LogP contribution in [0, 0.1) is 12.3 Å². The molecule has 11 nitrogen and oxygen atoms in total. The van der Waals surface area contributed by atoms with Crippen LogP contribution in [0.2, 0.25) is 0 Å². The third kappa shape index (κ3) is 8.86. The summed E-state index contributed by atoms with van der Waals surface area (Å²) in [5.74, 6) is -0.401. The number of hydrogen-bond acceptors (Lipinski definition) is 10. The summed E-state index contributed by atoms with van der Waals surface area (Å²) in [5, 5.41) is 4.37. The highest BCUT2D eigenvalue weighted by Gasteiger charge is 2.49. The summed E-state index contributed by atoms with van der Waals surface area (Å²) >= 11 is 2.06. The van der Waals surface area contributed by atoms with Crippen LogP contribution in [0.1, 0.15) is 54.7 Å². The van der Waals surface area contributed by atoms with Crippen LogP contribution in [0.15, 0.2) is 70.9 Å². The van der Waals surface area contributed by atoms with Crippen LogP contribution in [0.3, 0.4) is 0 Å². The van der Waals surface area contributed by atoms with Gasteiger partial charge in [0, 0.05) is 37.5 Å². The Morgan fingerprint density at radius 1 is 1.12 bits per heavy atom. The number of anilines is 2. The van der Waals surface area contributed by atoms with Crippen LogP contribution in [0.4, 0.5) is 24.9 Å². The van der Waals surface area contributed by atoms with Crippen molar-refractivity contribution in [1.29, 1.82) is 0 Å². The van der Waals surface area contributed by atoms with E-state index in [1.807, 2.05) is 40.1 Å². The average molecular weight is 832 g/mol. The van der Waals surface area contributed by atoms with E-state index < -0.39 is 18.3 Å². The van der Waals surface area contributed by atoms with E-state index in [9.17, 15) is 18.0 Å². The number of nitrogens with two attached hydrogens (primary N) is 1. The lowest BCUT2D eigenvalue weighted by Gasteiger charge is -2.40. The molecule has 0 saturated carbocycles. The third-order valence-corrected chi connectivity index (χ3v) is 9.84. The standard InChI is InChI=1S/C37H41F3IN7O4/c1-3-51-34(49)30-21-36(23-47(30)24-50-22-27-7-5-4-6-8-27)13-17-46(18-14-36)31-20-32(44-35(42)43-31)52-33(37(38,39)40)28-10-9-26(11-15-41)19-29(28)48-16-12-25(2)45-48/h4-12,15-16,19-20,30,33H,3,13-14,17-18,21-24H2,1-2H3,(H2,42,43,44)/b15-11+/t30-,33+/m0/s1. The number of hydrogen-bond donors (Lipinski definition) is 1. The van der Waals surface area contributed by atoms with Gasteiger partial charge < -0.3 is 24.8 Å². The van der Waals surface area contributed by atoms with Gasteiger partial charge in [-0.15, -0.1) is 0 Å². The number of benzene rings is 2. The number of likely N-dealkylation sites (tertiary alicyclic amines) is 1. The maximum Gasteiger partial charge on any atom is 0.429 e. The van der Waals surface area contributed by atoms with Gasteiger partial charge in [-0.05, 0) is 71.9 Å². The lowest BCUT2D eigenvalue weighted by Crippen LogP contribution is -2.42. The lowest BCUT2D eigenvalue weighted by molar-refractivity contribution is -0.198. The number of rotatable bonds is 12. The zero-order valence-corrected chi connectivity index (χ0v) is 31.1. The summed E-state index contributed by atoms with van der Waals surface area (Å²) < 4.78 is 64.7. The van der Waals surface area contributed by atoms with E-state index in [1.165, 1.54) is 16.8 Å². The van der Waals surface area contributed by atoms with Crippen LogP contribution in [-0.2, 0) is 20.9 Å². The molecular weight excluding hydrogens is 790 g/mol. The molecule has 1 spiro atoms. The molecule has 0 unspecified atom stereocenters.